The molecule has 1 atom stereocenters. The van der Waals surface area contributed by atoms with Crippen LogP contribution >= 0.6 is 0 Å². The van der Waals surface area contributed by atoms with Crippen molar-refractivity contribution >= 4 is 11.9 Å². The van der Waals surface area contributed by atoms with Gasteiger partial charge in [-0.2, -0.15) is 0 Å². The van der Waals surface area contributed by atoms with Crippen LogP contribution in [0.1, 0.15) is 12.8 Å². The fourth-order valence-electron chi connectivity index (χ4n) is 1.44. The Hall–Kier alpha value is -1.14. The molecule has 1 aliphatic heterocycles. The molecule has 0 saturated carbocycles. The van der Waals surface area contributed by atoms with E-state index < -0.39 is 0 Å². The van der Waals surface area contributed by atoms with E-state index in [0.717, 1.165) is 6.54 Å². The number of rotatable bonds is 5. The lowest BCUT2D eigenvalue weighted by molar-refractivity contribution is -0.140. The minimum Gasteiger partial charge on any atom is -0.469 e. The molecule has 1 heterocycles. The third kappa shape index (κ3) is 5.09. The average molecular weight is 230 g/mol. The van der Waals surface area contributed by atoms with Crippen molar-refractivity contribution in [3.05, 3.63) is 0 Å². The van der Waals surface area contributed by atoms with Gasteiger partial charge in [0.25, 0.3) is 0 Å². The Kier molecular flexibility index (Phi) is 5.81. The van der Waals surface area contributed by atoms with Crippen molar-refractivity contribution in [2.75, 3.05) is 33.4 Å². The molecule has 1 saturated heterocycles. The summed E-state index contributed by atoms with van der Waals surface area (Å²) >= 11 is 0. The van der Waals surface area contributed by atoms with Crippen LogP contribution in [0.5, 0.6) is 0 Å². The summed E-state index contributed by atoms with van der Waals surface area (Å²) < 4.78 is 9.84. The maximum absolute atomic E-state index is 11.4. The molecule has 1 fully saturated rings. The summed E-state index contributed by atoms with van der Waals surface area (Å²) in [5.41, 5.74) is 0. The normalized spacial score (nSPS) is 20.2. The molecule has 1 rings (SSSR count). The number of morpholine rings is 1. The van der Waals surface area contributed by atoms with Crippen molar-refractivity contribution in [2.45, 2.75) is 18.9 Å². The highest BCUT2D eigenvalue weighted by Gasteiger charge is 2.16. The van der Waals surface area contributed by atoms with Gasteiger partial charge in [0, 0.05) is 19.6 Å². The number of methoxy groups -OCH3 is 1. The quantitative estimate of drug-likeness (QED) is 0.595. The summed E-state index contributed by atoms with van der Waals surface area (Å²) in [5.74, 6) is -0.423. The van der Waals surface area contributed by atoms with E-state index in [1.807, 2.05) is 0 Å². The second kappa shape index (κ2) is 7.19. The molecule has 1 aliphatic rings. The molecule has 2 N–H and O–H groups in total. The zero-order chi connectivity index (χ0) is 11.8. The van der Waals surface area contributed by atoms with Gasteiger partial charge in [-0.15, -0.1) is 0 Å². The molecule has 16 heavy (non-hydrogen) atoms. The smallest absolute Gasteiger partial charge is 0.307 e. The predicted molar refractivity (Wildman–Crippen MR) is 56.9 cm³/mol. The number of hydrogen-bond acceptors (Lipinski definition) is 5. The van der Waals surface area contributed by atoms with Crippen molar-refractivity contribution in [1.82, 2.24) is 10.6 Å². The first kappa shape index (κ1) is 12.9. The van der Waals surface area contributed by atoms with Crippen LogP contribution in [0.25, 0.3) is 0 Å². The molecule has 0 aliphatic carbocycles. The van der Waals surface area contributed by atoms with Crippen molar-refractivity contribution in [3.63, 3.8) is 0 Å². The molecule has 92 valence electrons. The Bertz CT molecular complexity index is 239. The molecular formula is C10H18N2O4. The lowest BCUT2D eigenvalue weighted by atomic mass is 10.2. The van der Waals surface area contributed by atoms with E-state index in [1.54, 1.807) is 0 Å². The van der Waals surface area contributed by atoms with Crippen LogP contribution in [-0.4, -0.2) is 51.3 Å². The van der Waals surface area contributed by atoms with Gasteiger partial charge in [0.1, 0.15) is 0 Å². The van der Waals surface area contributed by atoms with Gasteiger partial charge in [-0.1, -0.05) is 0 Å². The zero-order valence-corrected chi connectivity index (χ0v) is 9.45. The maximum atomic E-state index is 11.4. The van der Waals surface area contributed by atoms with Crippen LogP contribution in [-0.2, 0) is 19.1 Å². The summed E-state index contributed by atoms with van der Waals surface area (Å²) in [6.07, 6.45) is 0.465. The van der Waals surface area contributed by atoms with Crippen LogP contribution in [0.3, 0.4) is 0 Å². The average Bonchev–Trinajstić information content (AvgIpc) is 2.30. The van der Waals surface area contributed by atoms with Crippen molar-refractivity contribution in [1.29, 1.82) is 0 Å². The molecular weight excluding hydrogens is 212 g/mol. The minimum atomic E-state index is -0.323. The predicted octanol–water partition coefficient (Wildman–Crippen LogP) is -0.956. The SMILES string of the molecule is COC(=O)CCNC(=O)CC1CNCCO1. The van der Waals surface area contributed by atoms with Gasteiger partial charge < -0.3 is 20.1 Å². The van der Waals surface area contributed by atoms with Crippen LogP contribution in [0.4, 0.5) is 0 Å². The van der Waals surface area contributed by atoms with Gasteiger partial charge in [0.05, 0.1) is 32.7 Å². The van der Waals surface area contributed by atoms with Gasteiger partial charge in [0.15, 0.2) is 0 Å². The first-order valence-corrected chi connectivity index (χ1v) is 5.38. The first-order chi connectivity index (χ1) is 7.72. The van der Waals surface area contributed by atoms with E-state index in [4.69, 9.17) is 4.74 Å². The van der Waals surface area contributed by atoms with Gasteiger partial charge in [0.2, 0.25) is 5.91 Å². The summed E-state index contributed by atoms with van der Waals surface area (Å²) in [5, 5.41) is 5.79. The zero-order valence-electron chi connectivity index (χ0n) is 9.45. The Balaban J connectivity index is 2.08. The third-order valence-electron chi connectivity index (χ3n) is 2.30. The summed E-state index contributed by atoms with van der Waals surface area (Å²) in [4.78, 5) is 22.2. The molecule has 0 bridgehead atoms. The number of nitrogens with one attached hydrogen (secondary N) is 2. The molecule has 0 aromatic carbocycles. The fourth-order valence-corrected chi connectivity index (χ4v) is 1.44. The molecule has 0 aromatic heterocycles. The summed E-state index contributed by atoms with van der Waals surface area (Å²) in [7, 11) is 1.33. The van der Waals surface area contributed by atoms with E-state index in [-0.39, 0.29) is 24.4 Å². The van der Waals surface area contributed by atoms with Crippen LogP contribution < -0.4 is 10.6 Å². The largest absolute Gasteiger partial charge is 0.469 e. The molecule has 6 heteroatoms. The second-order valence-corrected chi connectivity index (χ2v) is 3.58. The lowest BCUT2D eigenvalue weighted by Gasteiger charge is -2.22. The van der Waals surface area contributed by atoms with Gasteiger partial charge >= 0.3 is 5.97 Å². The van der Waals surface area contributed by atoms with Crippen LogP contribution in [0.2, 0.25) is 0 Å². The number of carbonyl (C=O) groups excluding carboxylic acids is 2. The molecule has 6 nitrogen and oxygen atoms in total. The fraction of sp³-hybridized carbons (Fsp3) is 0.800. The number of hydrogen-bond donors (Lipinski definition) is 2. The topological polar surface area (TPSA) is 76.7 Å². The van der Waals surface area contributed by atoms with E-state index >= 15 is 0 Å². The van der Waals surface area contributed by atoms with E-state index in [9.17, 15) is 9.59 Å². The van der Waals surface area contributed by atoms with Gasteiger partial charge in [-0.05, 0) is 0 Å². The van der Waals surface area contributed by atoms with Crippen molar-refractivity contribution < 1.29 is 19.1 Å². The number of esters is 1. The van der Waals surface area contributed by atoms with E-state index in [2.05, 4.69) is 15.4 Å². The maximum Gasteiger partial charge on any atom is 0.307 e. The van der Waals surface area contributed by atoms with Crippen molar-refractivity contribution in [3.8, 4) is 0 Å². The van der Waals surface area contributed by atoms with Gasteiger partial charge in [-0.25, -0.2) is 0 Å². The standard InChI is InChI=1S/C10H18N2O4/c1-15-10(14)2-3-12-9(13)6-8-7-11-4-5-16-8/h8,11H,2-7H2,1H3,(H,12,13). The number of carbonyl (C=O) groups is 2. The Labute approximate surface area is 94.7 Å². The first-order valence-electron chi connectivity index (χ1n) is 5.38. The van der Waals surface area contributed by atoms with E-state index in [1.165, 1.54) is 7.11 Å². The minimum absolute atomic E-state index is 0.0631. The Morgan fingerprint density at radius 3 is 3.00 bits per heavy atom. The molecule has 0 spiro atoms. The summed E-state index contributed by atoms with van der Waals surface area (Å²) in [6.45, 7) is 2.48. The van der Waals surface area contributed by atoms with Crippen LogP contribution in [0.15, 0.2) is 0 Å². The lowest BCUT2D eigenvalue weighted by Crippen LogP contribution is -2.41. The number of ether oxygens (including phenoxy) is 2. The highest BCUT2D eigenvalue weighted by atomic mass is 16.5. The molecule has 0 radical (unpaired) electrons. The van der Waals surface area contributed by atoms with Crippen LogP contribution in [0, 0.1) is 0 Å². The third-order valence-corrected chi connectivity index (χ3v) is 2.30. The monoisotopic (exact) mass is 230 g/mol. The van der Waals surface area contributed by atoms with Crippen molar-refractivity contribution in [2.24, 2.45) is 0 Å². The molecule has 0 aromatic rings. The summed E-state index contributed by atoms with van der Waals surface area (Å²) in [6, 6.07) is 0. The van der Waals surface area contributed by atoms with Gasteiger partial charge in [-0.3, -0.25) is 9.59 Å². The number of amides is 1. The highest BCUT2D eigenvalue weighted by molar-refractivity contribution is 5.77. The Morgan fingerprint density at radius 1 is 1.56 bits per heavy atom. The molecule has 1 amide bonds. The Morgan fingerprint density at radius 2 is 2.38 bits per heavy atom. The highest BCUT2D eigenvalue weighted by Crippen LogP contribution is 2.00. The van der Waals surface area contributed by atoms with E-state index in [0.29, 0.717) is 26.1 Å². The second-order valence-electron chi connectivity index (χ2n) is 3.58. The molecule has 1 unspecified atom stereocenters.